The number of aromatic nitrogens is 1. The number of rotatable bonds is 6. The van der Waals surface area contributed by atoms with Gasteiger partial charge in [0.2, 0.25) is 0 Å². The van der Waals surface area contributed by atoms with Crippen molar-refractivity contribution < 1.29 is 14.3 Å². The standard InChI is InChI=1S/C24H22N2O3/c1-28-18-13-19(29-2)22-20(15-9-5-3-6-10-15)23(16-11-7-4-8-12-16)26-24(22)21(18)17(27)14-25/h3-13,26H,14,25H2,1-2H3. The molecule has 0 aliphatic rings. The van der Waals surface area contributed by atoms with Crippen LogP contribution in [0.2, 0.25) is 0 Å². The number of nitrogens with one attached hydrogen (secondary N) is 1. The minimum absolute atomic E-state index is 0.113. The van der Waals surface area contributed by atoms with Crippen molar-refractivity contribution in [1.29, 1.82) is 0 Å². The molecule has 0 saturated heterocycles. The maximum Gasteiger partial charge on any atom is 0.182 e. The van der Waals surface area contributed by atoms with E-state index in [4.69, 9.17) is 15.2 Å². The predicted octanol–water partition coefficient (Wildman–Crippen LogP) is 4.66. The van der Waals surface area contributed by atoms with Crippen LogP contribution in [0.1, 0.15) is 10.4 Å². The van der Waals surface area contributed by atoms with Crippen molar-refractivity contribution in [2.45, 2.75) is 0 Å². The number of Topliss-reactive ketones (excluding diaryl/α,β-unsaturated/α-hetero) is 1. The van der Waals surface area contributed by atoms with Crippen LogP contribution in [0.3, 0.4) is 0 Å². The maximum absolute atomic E-state index is 12.7. The molecule has 0 bridgehead atoms. The summed E-state index contributed by atoms with van der Waals surface area (Å²) < 4.78 is 11.2. The highest BCUT2D eigenvalue weighted by Gasteiger charge is 2.25. The zero-order valence-corrected chi connectivity index (χ0v) is 16.4. The average molecular weight is 386 g/mol. The van der Waals surface area contributed by atoms with Gasteiger partial charge in [-0.05, 0) is 11.1 Å². The van der Waals surface area contributed by atoms with Crippen molar-refractivity contribution >= 4 is 16.7 Å². The zero-order valence-electron chi connectivity index (χ0n) is 16.4. The second-order valence-electron chi connectivity index (χ2n) is 6.64. The molecule has 0 saturated carbocycles. The Kier molecular flexibility index (Phi) is 5.06. The molecule has 5 nitrogen and oxygen atoms in total. The van der Waals surface area contributed by atoms with Gasteiger partial charge in [0, 0.05) is 11.6 Å². The third-order valence-corrected chi connectivity index (χ3v) is 5.03. The molecule has 29 heavy (non-hydrogen) atoms. The van der Waals surface area contributed by atoms with Gasteiger partial charge in [0.15, 0.2) is 5.78 Å². The number of fused-ring (bicyclic) bond motifs is 1. The molecule has 0 atom stereocenters. The van der Waals surface area contributed by atoms with E-state index in [0.717, 1.165) is 27.8 Å². The minimum atomic E-state index is -0.199. The number of hydrogen-bond donors (Lipinski definition) is 2. The number of aromatic amines is 1. The average Bonchev–Trinajstić information content (AvgIpc) is 3.19. The van der Waals surface area contributed by atoms with E-state index < -0.39 is 0 Å². The Morgan fingerprint density at radius 3 is 2.03 bits per heavy atom. The van der Waals surface area contributed by atoms with Crippen molar-refractivity contribution in [2.75, 3.05) is 20.8 Å². The van der Waals surface area contributed by atoms with Gasteiger partial charge in [-0.15, -0.1) is 0 Å². The molecule has 0 spiro atoms. The number of carbonyl (C=O) groups is 1. The smallest absolute Gasteiger partial charge is 0.182 e. The summed E-state index contributed by atoms with van der Waals surface area (Å²) in [6.45, 7) is -0.113. The van der Waals surface area contributed by atoms with E-state index in [9.17, 15) is 4.79 Å². The van der Waals surface area contributed by atoms with E-state index in [1.165, 1.54) is 7.11 Å². The van der Waals surface area contributed by atoms with E-state index in [2.05, 4.69) is 4.98 Å². The highest BCUT2D eigenvalue weighted by Crippen LogP contribution is 2.46. The number of ketones is 1. The maximum atomic E-state index is 12.7. The first kappa shape index (κ1) is 18.8. The summed E-state index contributed by atoms with van der Waals surface area (Å²) in [7, 11) is 3.15. The van der Waals surface area contributed by atoms with Crippen molar-refractivity contribution in [3.63, 3.8) is 0 Å². The number of H-pyrrole nitrogens is 1. The van der Waals surface area contributed by atoms with Crippen LogP contribution in [0, 0.1) is 0 Å². The Labute approximate surface area is 169 Å². The Morgan fingerprint density at radius 2 is 1.48 bits per heavy atom. The molecule has 3 N–H and O–H groups in total. The summed E-state index contributed by atoms with van der Waals surface area (Å²) >= 11 is 0. The molecule has 0 aliphatic carbocycles. The Bertz CT molecular complexity index is 1170. The van der Waals surface area contributed by atoms with Gasteiger partial charge in [-0.25, -0.2) is 0 Å². The van der Waals surface area contributed by atoms with Crippen LogP contribution < -0.4 is 15.2 Å². The molecule has 1 aromatic heterocycles. The van der Waals surface area contributed by atoms with Crippen LogP contribution in [0.5, 0.6) is 11.5 Å². The summed E-state index contributed by atoms with van der Waals surface area (Å²) in [6.07, 6.45) is 0. The van der Waals surface area contributed by atoms with Gasteiger partial charge in [-0.3, -0.25) is 4.79 Å². The van der Waals surface area contributed by atoms with Crippen molar-refractivity contribution in [2.24, 2.45) is 5.73 Å². The van der Waals surface area contributed by atoms with Crippen molar-refractivity contribution in [3.05, 3.63) is 72.3 Å². The van der Waals surface area contributed by atoms with E-state index in [1.54, 1.807) is 13.2 Å². The van der Waals surface area contributed by atoms with Crippen molar-refractivity contribution in [3.8, 4) is 33.9 Å². The van der Waals surface area contributed by atoms with Gasteiger partial charge in [-0.1, -0.05) is 60.7 Å². The van der Waals surface area contributed by atoms with E-state index in [0.29, 0.717) is 22.6 Å². The van der Waals surface area contributed by atoms with Gasteiger partial charge in [0.05, 0.1) is 42.9 Å². The molecule has 0 aliphatic heterocycles. The number of carbonyl (C=O) groups excluding carboxylic acids is 1. The lowest BCUT2D eigenvalue weighted by Crippen LogP contribution is -2.15. The normalized spacial score (nSPS) is 10.9. The monoisotopic (exact) mass is 386 g/mol. The first-order valence-electron chi connectivity index (χ1n) is 9.34. The fourth-order valence-corrected chi connectivity index (χ4v) is 3.74. The number of hydrogen-bond acceptors (Lipinski definition) is 4. The second kappa shape index (κ2) is 7.81. The topological polar surface area (TPSA) is 77.3 Å². The number of benzene rings is 3. The molecule has 3 aromatic carbocycles. The third-order valence-electron chi connectivity index (χ3n) is 5.03. The summed E-state index contributed by atoms with van der Waals surface area (Å²) in [5.74, 6) is 0.864. The van der Waals surface area contributed by atoms with Crippen LogP contribution in [0.25, 0.3) is 33.3 Å². The fourth-order valence-electron chi connectivity index (χ4n) is 3.74. The largest absolute Gasteiger partial charge is 0.496 e. The van der Waals surface area contributed by atoms with Crippen LogP contribution in [0.4, 0.5) is 0 Å². The molecule has 0 amide bonds. The van der Waals surface area contributed by atoms with Crippen molar-refractivity contribution in [1.82, 2.24) is 4.98 Å². The van der Waals surface area contributed by atoms with E-state index in [-0.39, 0.29) is 12.3 Å². The summed E-state index contributed by atoms with van der Waals surface area (Å²) in [6, 6.07) is 21.8. The number of nitrogens with two attached hydrogens (primary N) is 1. The Hall–Kier alpha value is -3.57. The Balaban J connectivity index is 2.19. The SMILES string of the molecule is COc1cc(OC)c2c(-c3ccccc3)c(-c3ccccc3)[nH]c2c1C(=O)CN. The van der Waals surface area contributed by atoms with Gasteiger partial charge < -0.3 is 20.2 Å². The molecule has 0 unspecified atom stereocenters. The molecular formula is C24H22N2O3. The lowest BCUT2D eigenvalue weighted by molar-refractivity contribution is 0.1000. The molecule has 146 valence electrons. The first-order valence-corrected chi connectivity index (χ1v) is 9.34. The van der Waals surface area contributed by atoms with E-state index >= 15 is 0 Å². The van der Waals surface area contributed by atoms with Gasteiger partial charge in [-0.2, -0.15) is 0 Å². The molecule has 4 rings (SSSR count). The summed E-state index contributed by atoms with van der Waals surface area (Å²) in [4.78, 5) is 16.2. The molecule has 1 heterocycles. The fraction of sp³-hybridized carbons (Fsp3) is 0.125. The van der Waals surface area contributed by atoms with Gasteiger partial charge in [0.1, 0.15) is 11.5 Å². The molecular weight excluding hydrogens is 364 g/mol. The quantitative estimate of drug-likeness (QED) is 0.473. The van der Waals surface area contributed by atoms with Crippen LogP contribution in [0.15, 0.2) is 66.7 Å². The Morgan fingerprint density at radius 1 is 0.897 bits per heavy atom. The first-order chi connectivity index (χ1) is 14.2. The molecule has 0 fully saturated rings. The lowest BCUT2D eigenvalue weighted by Gasteiger charge is -2.13. The third kappa shape index (κ3) is 3.15. The van der Waals surface area contributed by atoms with Crippen LogP contribution in [-0.4, -0.2) is 31.5 Å². The van der Waals surface area contributed by atoms with E-state index in [1.807, 2.05) is 60.7 Å². The predicted molar refractivity (Wildman–Crippen MR) is 116 cm³/mol. The number of methoxy groups -OCH3 is 2. The zero-order chi connectivity index (χ0) is 20.4. The highest BCUT2D eigenvalue weighted by atomic mass is 16.5. The van der Waals surface area contributed by atoms with Gasteiger partial charge in [0.25, 0.3) is 0 Å². The molecule has 5 heteroatoms. The molecule has 4 aromatic rings. The number of ether oxygens (including phenoxy) is 2. The van der Waals surface area contributed by atoms with Crippen LogP contribution >= 0.6 is 0 Å². The summed E-state index contributed by atoms with van der Waals surface area (Å²) in [5, 5.41) is 0.829. The molecule has 0 radical (unpaired) electrons. The minimum Gasteiger partial charge on any atom is -0.496 e. The van der Waals surface area contributed by atoms with Gasteiger partial charge >= 0.3 is 0 Å². The second-order valence-corrected chi connectivity index (χ2v) is 6.64. The van der Waals surface area contributed by atoms with Crippen LogP contribution in [-0.2, 0) is 0 Å². The lowest BCUT2D eigenvalue weighted by atomic mass is 9.96. The summed E-state index contributed by atoms with van der Waals surface area (Å²) in [5.41, 5.74) is 10.7. The highest BCUT2D eigenvalue weighted by molar-refractivity contribution is 6.17.